The van der Waals surface area contributed by atoms with Crippen LogP contribution in [0.4, 0.5) is 0 Å². The average molecular weight is 253 g/mol. The molecule has 1 unspecified atom stereocenters. The lowest BCUT2D eigenvalue weighted by atomic mass is 10.1. The Morgan fingerprint density at radius 3 is 2.22 bits per heavy atom. The lowest BCUT2D eigenvalue weighted by Gasteiger charge is -2.15. The minimum Gasteiger partial charge on any atom is -0.502 e. The van der Waals surface area contributed by atoms with Gasteiger partial charge in [0, 0.05) is 12.6 Å². The van der Waals surface area contributed by atoms with Crippen LogP contribution in [0.1, 0.15) is 32.3 Å². The van der Waals surface area contributed by atoms with E-state index < -0.39 is 0 Å². The van der Waals surface area contributed by atoms with Crippen LogP contribution in [0.3, 0.4) is 0 Å². The summed E-state index contributed by atoms with van der Waals surface area (Å²) < 4.78 is 10.2. The van der Waals surface area contributed by atoms with Crippen LogP contribution in [0.2, 0.25) is 0 Å². The number of rotatable bonds is 7. The first-order valence-electron chi connectivity index (χ1n) is 6.29. The molecule has 18 heavy (non-hydrogen) atoms. The van der Waals surface area contributed by atoms with Gasteiger partial charge in [-0.3, -0.25) is 0 Å². The maximum atomic E-state index is 9.80. The minimum absolute atomic E-state index is 0.0466. The van der Waals surface area contributed by atoms with Gasteiger partial charge in [0.25, 0.3) is 0 Å². The first kappa shape index (κ1) is 14.6. The Balaban J connectivity index is 2.77. The Kier molecular flexibility index (Phi) is 5.78. The molecule has 4 nitrogen and oxygen atoms in total. The predicted molar refractivity (Wildman–Crippen MR) is 72.4 cm³/mol. The molecule has 0 bridgehead atoms. The summed E-state index contributed by atoms with van der Waals surface area (Å²) in [5.74, 6) is 0.925. The van der Waals surface area contributed by atoms with Crippen molar-refractivity contribution in [2.45, 2.75) is 39.3 Å². The quantitative estimate of drug-likeness (QED) is 0.784. The van der Waals surface area contributed by atoms with Gasteiger partial charge in [-0.15, -0.1) is 0 Å². The van der Waals surface area contributed by atoms with Gasteiger partial charge in [0.05, 0.1) is 14.2 Å². The number of aromatic hydroxyl groups is 1. The molecule has 0 saturated heterocycles. The first-order chi connectivity index (χ1) is 8.62. The summed E-state index contributed by atoms with van der Waals surface area (Å²) in [6.07, 6.45) is 2.31. The van der Waals surface area contributed by atoms with E-state index in [2.05, 4.69) is 19.2 Å². The van der Waals surface area contributed by atoms with Gasteiger partial charge in [0.2, 0.25) is 5.75 Å². The van der Waals surface area contributed by atoms with Gasteiger partial charge in [-0.2, -0.15) is 0 Å². The highest BCUT2D eigenvalue weighted by Gasteiger charge is 2.11. The van der Waals surface area contributed by atoms with E-state index in [0.29, 0.717) is 17.5 Å². The monoisotopic (exact) mass is 253 g/mol. The van der Waals surface area contributed by atoms with Crippen LogP contribution in [0.15, 0.2) is 12.1 Å². The van der Waals surface area contributed by atoms with E-state index in [1.165, 1.54) is 14.2 Å². The molecule has 1 atom stereocenters. The third-order valence-electron chi connectivity index (χ3n) is 2.92. The number of nitrogens with one attached hydrogen (secondary N) is 1. The Labute approximate surface area is 109 Å². The smallest absolute Gasteiger partial charge is 0.200 e. The maximum absolute atomic E-state index is 9.80. The standard InChI is InChI=1S/C14H23NO3/c1-5-6-10(2)15-9-11-7-12(17-3)14(16)13(8-11)18-4/h7-8,10,15-16H,5-6,9H2,1-4H3. The molecule has 4 heteroatoms. The summed E-state index contributed by atoms with van der Waals surface area (Å²) in [7, 11) is 3.07. The highest BCUT2D eigenvalue weighted by atomic mass is 16.5. The zero-order valence-corrected chi connectivity index (χ0v) is 11.6. The average Bonchev–Trinajstić information content (AvgIpc) is 2.37. The molecule has 0 heterocycles. The van der Waals surface area contributed by atoms with E-state index >= 15 is 0 Å². The second-order valence-corrected chi connectivity index (χ2v) is 4.42. The Morgan fingerprint density at radius 1 is 1.22 bits per heavy atom. The molecule has 0 aliphatic heterocycles. The molecule has 102 valence electrons. The zero-order chi connectivity index (χ0) is 13.5. The number of hydrogen-bond donors (Lipinski definition) is 2. The largest absolute Gasteiger partial charge is 0.502 e. The van der Waals surface area contributed by atoms with Gasteiger partial charge >= 0.3 is 0 Å². The van der Waals surface area contributed by atoms with Gasteiger partial charge in [-0.05, 0) is 31.0 Å². The van der Waals surface area contributed by atoms with Crippen molar-refractivity contribution < 1.29 is 14.6 Å². The van der Waals surface area contributed by atoms with E-state index in [-0.39, 0.29) is 5.75 Å². The Hall–Kier alpha value is -1.42. The number of methoxy groups -OCH3 is 2. The normalized spacial score (nSPS) is 12.2. The van der Waals surface area contributed by atoms with Crippen molar-refractivity contribution in [2.75, 3.05) is 14.2 Å². The van der Waals surface area contributed by atoms with E-state index in [9.17, 15) is 5.11 Å². The number of ether oxygens (including phenoxy) is 2. The van der Waals surface area contributed by atoms with Crippen LogP contribution in [0.5, 0.6) is 17.2 Å². The second-order valence-electron chi connectivity index (χ2n) is 4.42. The fraction of sp³-hybridized carbons (Fsp3) is 0.571. The number of phenols is 1. The fourth-order valence-electron chi connectivity index (χ4n) is 1.88. The lowest BCUT2D eigenvalue weighted by molar-refractivity contribution is 0.338. The molecule has 1 aromatic carbocycles. The van der Waals surface area contributed by atoms with Crippen LogP contribution in [0, 0.1) is 0 Å². The van der Waals surface area contributed by atoms with Crippen molar-refractivity contribution in [1.82, 2.24) is 5.32 Å². The van der Waals surface area contributed by atoms with Crippen molar-refractivity contribution in [3.63, 3.8) is 0 Å². The minimum atomic E-state index is 0.0466. The summed E-state index contributed by atoms with van der Waals surface area (Å²) >= 11 is 0. The summed E-state index contributed by atoms with van der Waals surface area (Å²) in [5.41, 5.74) is 1.03. The third kappa shape index (κ3) is 3.81. The van der Waals surface area contributed by atoms with Crippen LogP contribution >= 0.6 is 0 Å². The molecule has 0 saturated carbocycles. The highest BCUT2D eigenvalue weighted by molar-refractivity contribution is 5.52. The number of hydrogen-bond acceptors (Lipinski definition) is 4. The van der Waals surface area contributed by atoms with E-state index in [0.717, 1.165) is 24.9 Å². The van der Waals surface area contributed by atoms with Crippen LogP contribution in [0.25, 0.3) is 0 Å². The molecule has 0 spiro atoms. The summed E-state index contributed by atoms with van der Waals surface area (Å²) in [6, 6.07) is 4.12. The SMILES string of the molecule is CCCC(C)NCc1cc(OC)c(O)c(OC)c1. The van der Waals surface area contributed by atoms with E-state index in [4.69, 9.17) is 9.47 Å². The van der Waals surface area contributed by atoms with Crippen molar-refractivity contribution in [1.29, 1.82) is 0 Å². The van der Waals surface area contributed by atoms with Crippen LogP contribution < -0.4 is 14.8 Å². The third-order valence-corrected chi connectivity index (χ3v) is 2.92. The molecule has 2 N–H and O–H groups in total. The Morgan fingerprint density at radius 2 is 1.78 bits per heavy atom. The molecular weight excluding hydrogens is 230 g/mol. The fourth-order valence-corrected chi connectivity index (χ4v) is 1.88. The van der Waals surface area contributed by atoms with Gasteiger partial charge in [0.1, 0.15) is 0 Å². The highest BCUT2D eigenvalue weighted by Crippen LogP contribution is 2.37. The molecule has 0 aromatic heterocycles. The van der Waals surface area contributed by atoms with Gasteiger partial charge in [-0.1, -0.05) is 13.3 Å². The summed E-state index contributed by atoms with van der Waals surface area (Å²) in [4.78, 5) is 0. The molecule has 1 aromatic rings. The molecule has 0 amide bonds. The summed E-state index contributed by atoms with van der Waals surface area (Å²) in [6.45, 7) is 5.07. The van der Waals surface area contributed by atoms with Crippen molar-refractivity contribution in [2.24, 2.45) is 0 Å². The topological polar surface area (TPSA) is 50.7 Å². The maximum Gasteiger partial charge on any atom is 0.200 e. The van der Waals surface area contributed by atoms with Crippen LogP contribution in [-0.2, 0) is 6.54 Å². The van der Waals surface area contributed by atoms with Crippen molar-refractivity contribution in [3.05, 3.63) is 17.7 Å². The van der Waals surface area contributed by atoms with Gasteiger partial charge in [0.15, 0.2) is 11.5 Å². The Bertz CT molecular complexity index is 354. The summed E-state index contributed by atoms with van der Waals surface area (Å²) in [5, 5.41) is 13.2. The molecule has 0 radical (unpaired) electrons. The first-order valence-corrected chi connectivity index (χ1v) is 6.29. The second kappa shape index (κ2) is 7.11. The molecular formula is C14H23NO3. The van der Waals surface area contributed by atoms with Crippen molar-refractivity contribution >= 4 is 0 Å². The van der Waals surface area contributed by atoms with Gasteiger partial charge < -0.3 is 19.9 Å². The molecule has 1 rings (SSSR count). The van der Waals surface area contributed by atoms with E-state index in [1.54, 1.807) is 0 Å². The predicted octanol–water partition coefficient (Wildman–Crippen LogP) is 2.69. The number of phenolic OH excluding ortho intramolecular Hbond substituents is 1. The molecule has 0 fully saturated rings. The molecule has 0 aliphatic carbocycles. The van der Waals surface area contributed by atoms with Gasteiger partial charge in [-0.25, -0.2) is 0 Å². The zero-order valence-electron chi connectivity index (χ0n) is 11.6. The molecule has 0 aliphatic rings. The van der Waals surface area contributed by atoms with E-state index in [1.807, 2.05) is 12.1 Å². The lowest BCUT2D eigenvalue weighted by Crippen LogP contribution is -2.25. The van der Waals surface area contributed by atoms with Crippen LogP contribution in [-0.4, -0.2) is 25.4 Å². The van der Waals surface area contributed by atoms with Crippen molar-refractivity contribution in [3.8, 4) is 17.2 Å². The number of benzene rings is 1.